The van der Waals surface area contributed by atoms with Crippen molar-refractivity contribution in [2.45, 2.75) is 19.0 Å². The van der Waals surface area contributed by atoms with Gasteiger partial charge in [-0.2, -0.15) is 0 Å². The van der Waals surface area contributed by atoms with Gasteiger partial charge in [-0.15, -0.1) is 0 Å². The summed E-state index contributed by atoms with van der Waals surface area (Å²) in [5.41, 5.74) is 3.05. The lowest BCUT2D eigenvalue weighted by molar-refractivity contribution is 0.0598. The minimum atomic E-state index is -0.262. The molecule has 4 heteroatoms. The van der Waals surface area contributed by atoms with Gasteiger partial charge in [0.05, 0.1) is 12.7 Å². The highest BCUT2D eigenvalue weighted by molar-refractivity contribution is 5.90. The summed E-state index contributed by atoms with van der Waals surface area (Å²) in [6.07, 6.45) is 1.02. The number of benzene rings is 2. The Morgan fingerprint density at radius 3 is 2.71 bits per heavy atom. The summed E-state index contributed by atoms with van der Waals surface area (Å²) in [7, 11) is 1.43. The van der Waals surface area contributed by atoms with Crippen LogP contribution in [0.2, 0.25) is 0 Å². The highest BCUT2D eigenvalue weighted by atomic mass is 16.5. The fourth-order valence-corrected chi connectivity index (χ4v) is 3.28. The van der Waals surface area contributed by atoms with Gasteiger partial charge in [-0.05, 0) is 23.6 Å². The molecule has 1 aliphatic rings. The average molecular weight is 324 g/mol. The number of piperazine rings is 1. The summed E-state index contributed by atoms with van der Waals surface area (Å²) in [6.45, 7) is 3.71. The summed E-state index contributed by atoms with van der Waals surface area (Å²) in [5.74, 6) is -0.262. The number of methoxy groups -OCH3 is 1. The molecule has 0 aromatic heterocycles. The molecule has 1 fully saturated rings. The van der Waals surface area contributed by atoms with Gasteiger partial charge in [-0.25, -0.2) is 4.79 Å². The van der Waals surface area contributed by atoms with Crippen molar-refractivity contribution in [1.82, 2.24) is 10.2 Å². The van der Waals surface area contributed by atoms with Crippen molar-refractivity contribution in [3.63, 3.8) is 0 Å². The molecule has 0 aliphatic carbocycles. The minimum Gasteiger partial charge on any atom is -0.465 e. The lowest BCUT2D eigenvalue weighted by Crippen LogP contribution is -2.51. The minimum absolute atomic E-state index is 0.262. The number of nitrogens with one attached hydrogen (secondary N) is 1. The maximum absolute atomic E-state index is 11.9. The molecule has 1 aliphatic heterocycles. The summed E-state index contributed by atoms with van der Waals surface area (Å²) in [6, 6.07) is 18.7. The first-order valence-corrected chi connectivity index (χ1v) is 8.42. The number of hydrogen-bond donors (Lipinski definition) is 1. The standard InChI is InChI=1S/C20H24N2O2/c1-24-20(23)19-10-6-5-9-17(19)14-22-12-11-21-18(15-22)13-16-7-3-2-4-8-16/h2-10,18,21H,11-15H2,1H3. The quantitative estimate of drug-likeness (QED) is 0.858. The largest absolute Gasteiger partial charge is 0.465 e. The number of rotatable bonds is 5. The Balaban J connectivity index is 1.65. The maximum Gasteiger partial charge on any atom is 0.338 e. The second kappa shape index (κ2) is 8.08. The zero-order valence-electron chi connectivity index (χ0n) is 14.1. The number of ether oxygens (including phenoxy) is 1. The van der Waals surface area contributed by atoms with E-state index < -0.39 is 0 Å². The number of hydrogen-bond acceptors (Lipinski definition) is 4. The van der Waals surface area contributed by atoms with Crippen LogP contribution in [0.5, 0.6) is 0 Å². The first-order chi connectivity index (χ1) is 11.8. The molecule has 126 valence electrons. The van der Waals surface area contributed by atoms with Crippen LogP contribution >= 0.6 is 0 Å². The molecule has 1 atom stereocenters. The van der Waals surface area contributed by atoms with Crippen LogP contribution < -0.4 is 5.32 Å². The first kappa shape index (κ1) is 16.7. The molecular formula is C20H24N2O2. The van der Waals surface area contributed by atoms with Crippen molar-refractivity contribution in [3.8, 4) is 0 Å². The molecule has 4 nitrogen and oxygen atoms in total. The third-order valence-corrected chi connectivity index (χ3v) is 4.48. The van der Waals surface area contributed by atoms with Crippen LogP contribution in [0.1, 0.15) is 21.5 Å². The third kappa shape index (κ3) is 4.22. The van der Waals surface area contributed by atoms with Crippen LogP contribution in [0.25, 0.3) is 0 Å². The molecule has 1 N–H and O–H groups in total. The van der Waals surface area contributed by atoms with Crippen LogP contribution in [0.15, 0.2) is 54.6 Å². The van der Waals surface area contributed by atoms with Crippen molar-refractivity contribution in [1.29, 1.82) is 0 Å². The van der Waals surface area contributed by atoms with E-state index in [1.165, 1.54) is 12.7 Å². The summed E-state index contributed by atoms with van der Waals surface area (Å²) in [5, 5.41) is 3.60. The Labute approximate surface area is 143 Å². The second-order valence-corrected chi connectivity index (χ2v) is 6.22. The van der Waals surface area contributed by atoms with Crippen molar-refractivity contribution >= 4 is 5.97 Å². The van der Waals surface area contributed by atoms with E-state index in [0.717, 1.165) is 38.2 Å². The van der Waals surface area contributed by atoms with E-state index in [4.69, 9.17) is 4.74 Å². The molecule has 0 bridgehead atoms. The monoisotopic (exact) mass is 324 g/mol. The smallest absolute Gasteiger partial charge is 0.338 e. The van der Waals surface area contributed by atoms with Crippen molar-refractivity contribution < 1.29 is 9.53 Å². The van der Waals surface area contributed by atoms with E-state index in [-0.39, 0.29) is 5.97 Å². The molecule has 0 spiro atoms. The Hall–Kier alpha value is -2.17. The molecular weight excluding hydrogens is 300 g/mol. The topological polar surface area (TPSA) is 41.6 Å². The molecule has 2 aromatic rings. The molecule has 1 saturated heterocycles. The zero-order valence-corrected chi connectivity index (χ0v) is 14.1. The number of nitrogens with zero attached hydrogens (tertiary/aromatic N) is 1. The van der Waals surface area contributed by atoms with Gasteiger partial charge in [0.15, 0.2) is 0 Å². The Morgan fingerprint density at radius 1 is 1.17 bits per heavy atom. The van der Waals surface area contributed by atoms with Crippen LogP contribution in [0.3, 0.4) is 0 Å². The predicted octanol–water partition coefficient (Wildman–Crippen LogP) is 2.49. The fourth-order valence-electron chi connectivity index (χ4n) is 3.28. The van der Waals surface area contributed by atoms with Gasteiger partial charge in [0.2, 0.25) is 0 Å². The molecule has 3 rings (SSSR count). The van der Waals surface area contributed by atoms with Gasteiger partial charge in [0.1, 0.15) is 0 Å². The van der Waals surface area contributed by atoms with Crippen molar-refractivity contribution in [2.75, 3.05) is 26.7 Å². The van der Waals surface area contributed by atoms with Crippen LogP contribution in [0, 0.1) is 0 Å². The molecule has 2 aromatic carbocycles. The van der Waals surface area contributed by atoms with Crippen LogP contribution in [0.4, 0.5) is 0 Å². The number of esters is 1. The highest BCUT2D eigenvalue weighted by Gasteiger charge is 2.21. The molecule has 0 amide bonds. The normalized spacial score (nSPS) is 18.3. The second-order valence-electron chi connectivity index (χ2n) is 6.22. The van der Waals surface area contributed by atoms with Gasteiger partial charge in [-0.1, -0.05) is 48.5 Å². The molecule has 1 unspecified atom stereocenters. The Kier molecular flexibility index (Phi) is 5.62. The molecule has 24 heavy (non-hydrogen) atoms. The van der Waals surface area contributed by atoms with Gasteiger partial charge in [0.25, 0.3) is 0 Å². The van der Waals surface area contributed by atoms with Crippen LogP contribution in [-0.2, 0) is 17.7 Å². The summed E-state index contributed by atoms with van der Waals surface area (Å²) >= 11 is 0. The third-order valence-electron chi connectivity index (χ3n) is 4.48. The molecule has 0 saturated carbocycles. The van der Waals surface area contributed by atoms with E-state index in [0.29, 0.717) is 11.6 Å². The SMILES string of the molecule is COC(=O)c1ccccc1CN1CCNC(Cc2ccccc2)C1. The van der Waals surface area contributed by atoms with E-state index >= 15 is 0 Å². The number of carbonyl (C=O) groups is 1. The van der Waals surface area contributed by atoms with Gasteiger partial charge >= 0.3 is 5.97 Å². The fraction of sp³-hybridized carbons (Fsp3) is 0.350. The first-order valence-electron chi connectivity index (χ1n) is 8.42. The summed E-state index contributed by atoms with van der Waals surface area (Å²) in [4.78, 5) is 14.3. The maximum atomic E-state index is 11.9. The number of carbonyl (C=O) groups excluding carboxylic acids is 1. The molecule has 0 radical (unpaired) electrons. The lowest BCUT2D eigenvalue weighted by Gasteiger charge is -2.34. The predicted molar refractivity (Wildman–Crippen MR) is 95.0 cm³/mol. The van der Waals surface area contributed by atoms with Crippen molar-refractivity contribution in [2.24, 2.45) is 0 Å². The van der Waals surface area contributed by atoms with E-state index in [1.807, 2.05) is 30.3 Å². The zero-order chi connectivity index (χ0) is 16.8. The Morgan fingerprint density at radius 2 is 1.92 bits per heavy atom. The molecule has 1 heterocycles. The average Bonchev–Trinajstić information content (AvgIpc) is 2.63. The van der Waals surface area contributed by atoms with E-state index in [2.05, 4.69) is 34.5 Å². The highest BCUT2D eigenvalue weighted by Crippen LogP contribution is 2.15. The summed E-state index contributed by atoms with van der Waals surface area (Å²) < 4.78 is 4.90. The Bertz CT molecular complexity index is 672. The van der Waals surface area contributed by atoms with Gasteiger partial charge in [0, 0.05) is 32.2 Å². The lowest BCUT2D eigenvalue weighted by atomic mass is 10.0. The van der Waals surface area contributed by atoms with E-state index in [1.54, 1.807) is 0 Å². The van der Waals surface area contributed by atoms with E-state index in [9.17, 15) is 4.79 Å². The van der Waals surface area contributed by atoms with Gasteiger partial charge < -0.3 is 10.1 Å². The van der Waals surface area contributed by atoms with Gasteiger partial charge in [-0.3, -0.25) is 4.90 Å². The van der Waals surface area contributed by atoms with Crippen LogP contribution in [-0.4, -0.2) is 43.7 Å². The van der Waals surface area contributed by atoms with Crippen molar-refractivity contribution in [3.05, 3.63) is 71.3 Å².